The van der Waals surface area contributed by atoms with Crippen LogP contribution in [0.25, 0.3) is 11.0 Å². The Labute approximate surface area is 157 Å². The summed E-state index contributed by atoms with van der Waals surface area (Å²) < 4.78 is 5.79. The number of para-hydroxylation sites is 2. The molecule has 1 aromatic carbocycles. The zero-order valence-corrected chi connectivity index (χ0v) is 16.0. The van der Waals surface area contributed by atoms with Gasteiger partial charge in [0.15, 0.2) is 5.69 Å². The van der Waals surface area contributed by atoms with E-state index in [1.807, 2.05) is 6.92 Å². The summed E-state index contributed by atoms with van der Waals surface area (Å²) >= 11 is 0. The van der Waals surface area contributed by atoms with Gasteiger partial charge in [-0.25, -0.2) is 4.98 Å². The normalized spacial score (nSPS) is 13.9. The quantitative estimate of drug-likeness (QED) is 0.648. The highest BCUT2D eigenvalue weighted by molar-refractivity contribution is 5.93. The molecule has 1 atom stereocenters. The first-order valence-electron chi connectivity index (χ1n) is 8.72. The van der Waals surface area contributed by atoms with Crippen LogP contribution >= 0.6 is 0 Å². The van der Waals surface area contributed by atoms with E-state index in [0.29, 0.717) is 17.5 Å². The monoisotopic (exact) mass is 375 g/mol. The van der Waals surface area contributed by atoms with Gasteiger partial charge in [-0.05, 0) is 39.3 Å². The molecule has 1 unspecified atom stereocenters. The molecule has 8 nitrogen and oxygen atoms in total. The van der Waals surface area contributed by atoms with Gasteiger partial charge in [0.1, 0.15) is 0 Å². The number of aromatic nitrogens is 2. The van der Waals surface area contributed by atoms with Crippen molar-refractivity contribution < 1.29 is 19.4 Å². The third-order valence-corrected chi connectivity index (χ3v) is 4.55. The summed E-state index contributed by atoms with van der Waals surface area (Å²) in [6, 6.07) is 6.94. The van der Waals surface area contributed by atoms with E-state index in [2.05, 4.69) is 15.3 Å². The Morgan fingerprint density at radius 1 is 1.26 bits per heavy atom. The lowest BCUT2D eigenvalue weighted by atomic mass is 9.94. The highest BCUT2D eigenvalue weighted by Gasteiger charge is 2.32. The number of ether oxygens (including phenoxy) is 1. The third-order valence-electron chi connectivity index (χ3n) is 4.55. The number of carbonyl (C=O) groups is 2. The SMILES string of the molecule is CCC(C)(CNC(=O)c1nc2ccccc2[nH]c1=O)OCC(C)(C)C(=O)O. The second-order valence-electron chi connectivity index (χ2n) is 7.40. The van der Waals surface area contributed by atoms with Crippen molar-refractivity contribution in [3.8, 4) is 0 Å². The molecule has 2 aromatic rings. The Bertz CT molecular complexity index is 906. The van der Waals surface area contributed by atoms with Crippen LogP contribution in [0.2, 0.25) is 0 Å². The number of aliphatic carboxylic acids is 1. The van der Waals surface area contributed by atoms with Crippen molar-refractivity contribution >= 4 is 22.9 Å². The highest BCUT2D eigenvalue weighted by Crippen LogP contribution is 2.22. The summed E-state index contributed by atoms with van der Waals surface area (Å²) in [6.07, 6.45) is 0.546. The average molecular weight is 375 g/mol. The van der Waals surface area contributed by atoms with Crippen LogP contribution in [0.1, 0.15) is 44.6 Å². The van der Waals surface area contributed by atoms with Crippen LogP contribution in [0.5, 0.6) is 0 Å². The predicted octanol–water partition coefficient (Wildman–Crippen LogP) is 1.95. The molecule has 0 bridgehead atoms. The molecule has 0 spiro atoms. The van der Waals surface area contributed by atoms with Crippen LogP contribution in [0.15, 0.2) is 29.1 Å². The Morgan fingerprint density at radius 2 is 1.93 bits per heavy atom. The van der Waals surface area contributed by atoms with Crippen molar-refractivity contribution in [3.05, 3.63) is 40.3 Å². The number of benzene rings is 1. The van der Waals surface area contributed by atoms with Gasteiger partial charge in [0.05, 0.1) is 28.7 Å². The van der Waals surface area contributed by atoms with Gasteiger partial charge in [-0.1, -0.05) is 19.1 Å². The van der Waals surface area contributed by atoms with Gasteiger partial charge in [0.25, 0.3) is 11.5 Å². The Balaban J connectivity index is 2.09. The van der Waals surface area contributed by atoms with E-state index >= 15 is 0 Å². The molecule has 1 amide bonds. The first-order chi connectivity index (χ1) is 12.6. The standard InChI is InChI=1S/C19H25N3O5/c1-5-19(4,27-11-18(2,3)17(25)26)10-20-15(23)14-16(24)22-13-9-7-6-8-12(13)21-14/h6-9H,5,10-11H2,1-4H3,(H,20,23)(H,22,24)(H,25,26). The van der Waals surface area contributed by atoms with Gasteiger partial charge < -0.3 is 20.1 Å². The topological polar surface area (TPSA) is 121 Å². The Hall–Kier alpha value is -2.74. The number of carboxylic acids is 1. The van der Waals surface area contributed by atoms with E-state index in [1.54, 1.807) is 45.0 Å². The number of nitrogens with zero attached hydrogens (tertiary/aromatic N) is 1. The molecule has 3 N–H and O–H groups in total. The molecule has 0 fully saturated rings. The number of fused-ring (bicyclic) bond motifs is 1. The lowest BCUT2D eigenvalue weighted by Crippen LogP contribution is -2.46. The van der Waals surface area contributed by atoms with Crippen LogP contribution in [0.4, 0.5) is 0 Å². The molecular weight excluding hydrogens is 350 g/mol. The number of amides is 1. The summed E-state index contributed by atoms with van der Waals surface area (Å²) in [4.78, 5) is 42.6. The molecule has 0 aliphatic rings. The van der Waals surface area contributed by atoms with Crippen LogP contribution in [0.3, 0.4) is 0 Å². The fourth-order valence-electron chi connectivity index (χ4n) is 2.23. The third kappa shape index (κ3) is 4.91. The fourth-order valence-corrected chi connectivity index (χ4v) is 2.23. The number of carboxylic acid groups (broad SMARTS) is 1. The van der Waals surface area contributed by atoms with Crippen molar-refractivity contribution in [1.29, 1.82) is 0 Å². The summed E-state index contributed by atoms with van der Waals surface area (Å²) in [7, 11) is 0. The summed E-state index contributed by atoms with van der Waals surface area (Å²) in [5, 5.41) is 11.9. The first kappa shape index (κ1) is 20.6. The Morgan fingerprint density at radius 3 is 2.56 bits per heavy atom. The van der Waals surface area contributed by atoms with Crippen LogP contribution in [0, 0.1) is 5.41 Å². The fraction of sp³-hybridized carbons (Fsp3) is 0.474. The predicted molar refractivity (Wildman–Crippen MR) is 101 cm³/mol. The average Bonchev–Trinajstić information content (AvgIpc) is 2.64. The Kier molecular flexibility index (Phi) is 6.00. The molecule has 0 radical (unpaired) electrons. The smallest absolute Gasteiger partial charge is 0.311 e. The summed E-state index contributed by atoms with van der Waals surface area (Å²) in [5.41, 5.74) is -1.55. The van der Waals surface area contributed by atoms with Crippen molar-refractivity contribution in [2.24, 2.45) is 5.41 Å². The minimum Gasteiger partial charge on any atom is -0.481 e. The summed E-state index contributed by atoms with van der Waals surface area (Å²) in [5.74, 6) is -1.57. The van der Waals surface area contributed by atoms with E-state index in [4.69, 9.17) is 4.74 Å². The largest absolute Gasteiger partial charge is 0.481 e. The maximum Gasteiger partial charge on any atom is 0.311 e. The van der Waals surface area contributed by atoms with E-state index in [9.17, 15) is 19.5 Å². The van der Waals surface area contributed by atoms with Gasteiger partial charge in [0.2, 0.25) is 0 Å². The highest BCUT2D eigenvalue weighted by atomic mass is 16.5. The number of rotatable bonds is 8. The molecule has 0 aliphatic heterocycles. The van der Waals surface area contributed by atoms with Crippen LogP contribution < -0.4 is 10.9 Å². The second kappa shape index (κ2) is 7.87. The second-order valence-corrected chi connectivity index (χ2v) is 7.40. The lowest BCUT2D eigenvalue weighted by Gasteiger charge is -2.32. The van der Waals surface area contributed by atoms with Crippen molar-refractivity contribution in [1.82, 2.24) is 15.3 Å². The molecule has 146 valence electrons. The molecular formula is C19H25N3O5. The van der Waals surface area contributed by atoms with Gasteiger partial charge in [0, 0.05) is 6.54 Å². The number of carbonyl (C=O) groups excluding carboxylic acids is 1. The number of hydrogen-bond acceptors (Lipinski definition) is 5. The zero-order valence-electron chi connectivity index (χ0n) is 16.0. The number of aromatic amines is 1. The van der Waals surface area contributed by atoms with Crippen LogP contribution in [-0.4, -0.2) is 45.7 Å². The van der Waals surface area contributed by atoms with Gasteiger partial charge >= 0.3 is 5.97 Å². The van der Waals surface area contributed by atoms with Gasteiger partial charge in [-0.15, -0.1) is 0 Å². The molecule has 1 aromatic heterocycles. The van der Waals surface area contributed by atoms with E-state index in [-0.39, 0.29) is 18.8 Å². The molecule has 0 aliphatic carbocycles. The number of H-pyrrole nitrogens is 1. The van der Waals surface area contributed by atoms with Crippen LogP contribution in [-0.2, 0) is 9.53 Å². The molecule has 0 saturated carbocycles. The minimum atomic E-state index is -1.04. The molecule has 27 heavy (non-hydrogen) atoms. The zero-order chi connectivity index (χ0) is 20.2. The molecule has 0 saturated heterocycles. The number of nitrogens with one attached hydrogen (secondary N) is 2. The van der Waals surface area contributed by atoms with Crippen molar-refractivity contribution in [2.45, 2.75) is 39.7 Å². The lowest BCUT2D eigenvalue weighted by molar-refractivity contribution is -0.154. The van der Waals surface area contributed by atoms with E-state index < -0.39 is 28.5 Å². The van der Waals surface area contributed by atoms with Crippen molar-refractivity contribution in [2.75, 3.05) is 13.2 Å². The van der Waals surface area contributed by atoms with E-state index in [0.717, 1.165) is 0 Å². The molecule has 2 rings (SSSR count). The maximum atomic E-state index is 12.4. The minimum absolute atomic E-state index is 0.00263. The van der Waals surface area contributed by atoms with Crippen molar-refractivity contribution in [3.63, 3.8) is 0 Å². The number of hydrogen-bond donors (Lipinski definition) is 3. The summed E-state index contributed by atoms with van der Waals surface area (Å²) in [6.45, 7) is 6.92. The van der Waals surface area contributed by atoms with Gasteiger partial charge in [-0.2, -0.15) is 0 Å². The molecule has 8 heteroatoms. The molecule has 1 heterocycles. The van der Waals surface area contributed by atoms with Gasteiger partial charge in [-0.3, -0.25) is 14.4 Å². The maximum absolute atomic E-state index is 12.4. The van der Waals surface area contributed by atoms with E-state index in [1.165, 1.54) is 0 Å². The first-order valence-corrected chi connectivity index (χ1v) is 8.72.